The van der Waals surface area contributed by atoms with Gasteiger partial charge in [0.05, 0.1) is 6.54 Å². The first kappa shape index (κ1) is 20.2. The molecule has 0 bridgehead atoms. The quantitative estimate of drug-likeness (QED) is 0.815. The summed E-state index contributed by atoms with van der Waals surface area (Å²) in [5.74, 6) is -0.247. The predicted molar refractivity (Wildman–Crippen MR) is 85.8 cm³/mol. The number of hydrogen-bond acceptors (Lipinski definition) is 3. The van der Waals surface area contributed by atoms with E-state index in [-0.39, 0.29) is 30.9 Å². The molecule has 124 valence electrons. The highest BCUT2D eigenvalue weighted by Crippen LogP contribution is 2.18. The Bertz CT molecular complexity index is 350. The van der Waals surface area contributed by atoms with Gasteiger partial charge in [-0.25, -0.2) is 0 Å². The molecule has 0 aromatic heterocycles. The molecule has 1 rings (SSSR count). The number of nitrogens with zero attached hydrogens (tertiary/aromatic N) is 2. The van der Waals surface area contributed by atoms with Crippen molar-refractivity contribution in [3.05, 3.63) is 0 Å². The zero-order valence-electron chi connectivity index (χ0n) is 13.5. The van der Waals surface area contributed by atoms with Crippen molar-refractivity contribution in [3.63, 3.8) is 0 Å². The molecule has 0 spiro atoms. The predicted octanol–water partition coefficient (Wildman–Crippen LogP) is 2.24. The third kappa shape index (κ3) is 6.22. The topological polar surface area (TPSA) is 60.9 Å². The lowest BCUT2D eigenvalue weighted by molar-refractivity contribution is -0.146. The van der Waals surface area contributed by atoms with Crippen molar-refractivity contribution in [2.45, 2.75) is 58.5 Å². The Morgan fingerprint density at radius 3 is 2.43 bits per heavy atom. The van der Waals surface area contributed by atoms with Gasteiger partial charge in [0.2, 0.25) is 5.91 Å². The summed E-state index contributed by atoms with van der Waals surface area (Å²) in [7, 11) is 1.81. The van der Waals surface area contributed by atoms with Crippen molar-refractivity contribution >= 4 is 24.3 Å². The third-order valence-corrected chi connectivity index (χ3v) is 4.10. The molecule has 0 saturated carbocycles. The Labute approximate surface area is 134 Å². The lowest BCUT2D eigenvalue weighted by Crippen LogP contribution is -2.50. The molecule has 1 aliphatic heterocycles. The van der Waals surface area contributed by atoms with E-state index in [9.17, 15) is 14.7 Å². The lowest BCUT2D eigenvalue weighted by atomic mass is 10.0. The molecular weight excluding hydrogens is 292 g/mol. The molecule has 6 heteroatoms. The normalized spacial score (nSPS) is 20.7. The van der Waals surface area contributed by atoms with E-state index in [4.69, 9.17) is 0 Å². The van der Waals surface area contributed by atoms with Crippen molar-refractivity contribution < 1.29 is 14.7 Å². The van der Waals surface area contributed by atoms with Crippen LogP contribution in [0.2, 0.25) is 0 Å². The minimum Gasteiger partial charge on any atom is -0.480 e. The second-order valence-corrected chi connectivity index (χ2v) is 6.30. The molecule has 0 aromatic rings. The maximum absolute atomic E-state index is 12.3. The number of amides is 1. The summed E-state index contributed by atoms with van der Waals surface area (Å²) < 4.78 is 0. The van der Waals surface area contributed by atoms with E-state index in [2.05, 4.69) is 13.8 Å². The highest BCUT2D eigenvalue weighted by Gasteiger charge is 2.30. The standard InChI is InChI=1S/C15H28N2O3.ClH/c1-11(2)9-12(3)16(4)14(18)10-17-8-6-5-7-13(17)15(19)20;/h11-13H,5-10H2,1-4H3,(H,19,20);1H. The van der Waals surface area contributed by atoms with Gasteiger partial charge in [0.25, 0.3) is 0 Å². The minimum absolute atomic E-state index is 0. The third-order valence-electron chi connectivity index (χ3n) is 4.10. The maximum atomic E-state index is 12.3. The molecule has 0 aliphatic carbocycles. The van der Waals surface area contributed by atoms with Gasteiger partial charge in [-0.15, -0.1) is 12.4 Å². The number of carboxylic acids is 1. The Balaban J connectivity index is 0.00000400. The van der Waals surface area contributed by atoms with E-state index in [1.165, 1.54) is 0 Å². The highest BCUT2D eigenvalue weighted by atomic mass is 35.5. The summed E-state index contributed by atoms with van der Waals surface area (Å²) in [5.41, 5.74) is 0. The van der Waals surface area contributed by atoms with Gasteiger partial charge in [0, 0.05) is 13.1 Å². The smallest absolute Gasteiger partial charge is 0.320 e. The maximum Gasteiger partial charge on any atom is 0.320 e. The van der Waals surface area contributed by atoms with Crippen LogP contribution in [0.5, 0.6) is 0 Å². The number of carbonyl (C=O) groups is 2. The molecule has 1 N–H and O–H groups in total. The number of piperidine rings is 1. The molecule has 1 aliphatic rings. The van der Waals surface area contributed by atoms with Crippen LogP contribution >= 0.6 is 12.4 Å². The van der Waals surface area contributed by atoms with Gasteiger partial charge >= 0.3 is 5.97 Å². The summed E-state index contributed by atoms with van der Waals surface area (Å²) in [5, 5.41) is 9.22. The SMILES string of the molecule is CC(C)CC(C)N(C)C(=O)CN1CCCCC1C(=O)O.Cl. The Kier molecular flexibility index (Phi) is 8.90. The van der Waals surface area contributed by atoms with Gasteiger partial charge in [-0.05, 0) is 38.6 Å². The minimum atomic E-state index is -0.810. The van der Waals surface area contributed by atoms with Crippen LogP contribution in [-0.2, 0) is 9.59 Å². The monoisotopic (exact) mass is 320 g/mol. The van der Waals surface area contributed by atoms with Gasteiger partial charge in [-0.2, -0.15) is 0 Å². The molecular formula is C15H29ClN2O3. The summed E-state index contributed by atoms with van der Waals surface area (Å²) >= 11 is 0. The molecule has 0 radical (unpaired) electrons. The average Bonchev–Trinajstić information content (AvgIpc) is 2.37. The fourth-order valence-electron chi connectivity index (χ4n) is 2.83. The van der Waals surface area contributed by atoms with Gasteiger partial charge in [-0.3, -0.25) is 14.5 Å². The second-order valence-electron chi connectivity index (χ2n) is 6.30. The van der Waals surface area contributed by atoms with Gasteiger partial charge in [0.15, 0.2) is 0 Å². The highest BCUT2D eigenvalue weighted by molar-refractivity contribution is 5.85. The van der Waals surface area contributed by atoms with Crippen molar-refractivity contribution in [1.82, 2.24) is 9.80 Å². The molecule has 21 heavy (non-hydrogen) atoms. The summed E-state index contributed by atoms with van der Waals surface area (Å²) in [4.78, 5) is 27.1. The first-order valence-electron chi connectivity index (χ1n) is 7.55. The number of likely N-dealkylation sites (tertiary alicyclic amines) is 1. The first-order valence-corrected chi connectivity index (χ1v) is 7.55. The number of carboxylic acid groups (broad SMARTS) is 1. The van der Waals surface area contributed by atoms with Gasteiger partial charge in [0.1, 0.15) is 6.04 Å². The number of aliphatic carboxylic acids is 1. The molecule has 1 saturated heterocycles. The van der Waals surface area contributed by atoms with Crippen LogP contribution in [0.1, 0.15) is 46.5 Å². The number of likely N-dealkylation sites (N-methyl/N-ethyl adjacent to an activating group) is 1. The molecule has 2 unspecified atom stereocenters. The molecule has 5 nitrogen and oxygen atoms in total. The largest absolute Gasteiger partial charge is 0.480 e. The summed E-state index contributed by atoms with van der Waals surface area (Å²) in [6.45, 7) is 7.24. The fraction of sp³-hybridized carbons (Fsp3) is 0.867. The van der Waals surface area contributed by atoms with E-state index < -0.39 is 12.0 Å². The number of halogens is 1. The Hall–Kier alpha value is -0.810. The van der Waals surface area contributed by atoms with Crippen molar-refractivity contribution in [3.8, 4) is 0 Å². The van der Waals surface area contributed by atoms with E-state index in [1.807, 2.05) is 18.9 Å². The van der Waals surface area contributed by atoms with Gasteiger partial charge in [-0.1, -0.05) is 20.3 Å². The molecule has 1 heterocycles. The van der Waals surface area contributed by atoms with Crippen LogP contribution in [0.4, 0.5) is 0 Å². The Morgan fingerprint density at radius 2 is 1.90 bits per heavy atom. The molecule has 0 aromatic carbocycles. The van der Waals surface area contributed by atoms with E-state index in [1.54, 1.807) is 4.90 Å². The average molecular weight is 321 g/mol. The summed E-state index contributed by atoms with van der Waals surface area (Å²) in [6.07, 6.45) is 3.52. The van der Waals surface area contributed by atoms with Crippen molar-refractivity contribution in [2.24, 2.45) is 5.92 Å². The molecule has 1 fully saturated rings. The summed E-state index contributed by atoms with van der Waals surface area (Å²) in [6, 6.07) is -0.308. The van der Waals surface area contributed by atoms with Crippen LogP contribution in [-0.4, -0.2) is 59.0 Å². The van der Waals surface area contributed by atoms with Crippen LogP contribution in [0, 0.1) is 5.92 Å². The van der Waals surface area contributed by atoms with Crippen molar-refractivity contribution in [2.75, 3.05) is 20.1 Å². The second kappa shape index (κ2) is 9.26. The van der Waals surface area contributed by atoms with Crippen molar-refractivity contribution in [1.29, 1.82) is 0 Å². The number of carbonyl (C=O) groups excluding carboxylic acids is 1. The van der Waals surface area contributed by atoms with Crippen LogP contribution in [0.3, 0.4) is 0 Å². The first-order chi connectivity index (χ1) is 9.32. The van der Waals surface area contributed by atoms with E-state index in [0.717, 1.165) is 19.3 Å². The molecule has 1 amide bonds. The lowest BCUT2D eigenvalue weighted by Gasteiger charge is -2.34. The fourth-order valence-corrected chi connectivity index (χ4v) is 2.83. The van der Waals surface area contributed by atoms with E-state index >= 15 is 0 Å². The van der Waals surface area contributed by atoms with Gasteiger partial charge < -0.3 is 10.0 Å². The van der Waals surface area contributed by atoms with Crippen LogP contribution in [0.15, 0.2) is 0 Å². The Morgan fingerprint density at radius 1 is 1.29 bits per heavy atom. The molecule has 2 atom stereocenters. The van der Waals surface area contributed by atoms with E-state index in [0.29, 0.717) is 18.9 Å². The van der Waals surface area contributed by atoms with Crippen LogP contribution < -0.4 is 0 Å². The zero-order valence-corrected chi connectivity index (χ0v) is 14.4. The number of rotatable bonds is 6. The number of hydrogen-bond donors (Lipinski definition) is 1. The van der Waals surface area contributed by atoms with Crippen LogP contribution in [0.25, 0.3) is 0 Å². The zero-order chi connectivity index (χ0) is 15.3.